The van der Waals surface area contributed by atoms with Gasteiger partial charge in [0.15, 0.2) is 5.76 Å². The molecule has 0 aliphatic rings. The second kappa shape index (κ2) is 6.23. The standard InChI is InChI=1S/C17H14N2O4/c1-11-14(8-10-22-11)16(20)18-12-4-6-13(7-5-12)19-17(21)15-3-2-9-23-15/h2-10H,1H3,(H,18,20)(H,19,21). The third kappa shape index (κ3) is 3.32. The summed E-state index contributed by atoms with van der Waals surface area (Å²) in [5, 5.41) is 5.46. The van der Waals surface area contributed by atoms with Crippen LogP contribution in [-0.2, 0) is 0 Å². The van der Waals surface area contributed by atoms with Gasteiger partial charge < -0.3 is 19.5 Å². The normalized spacial score (nSPS) is 10.3. The van der Waals surface area contributed by atoms with Gasteiger partial charge in [-0.2, -0.15) is 0 Å². The number of benzene rings is 1. The van der Waals surface area contributed by atoms with Crippen molar-refractivity contribution in [2.24, 2.45) is 0 Å². The minimum atomic E-state index is -0.333. The Morgan fingerprint density at radius 2 is 1.48 bits per heavy atom. The van der Waals surface area contributed by atoms with E-state index in [-0.39, 0.29) is 17.6 Å². The fraction of sp³-hybridized carbons (Fsp3) is 0.0588. The van der Waals surface area contributed by atoms with Crippen molar-refractivity contribution in [2.45, 2.75) is 6.92 Å². The maximum atomic E-state index is 12.1. The van der Waals surface area contributed by atoms with E-state index in [4.69, 9.17) is 8.83 Å². The van der Waals surface area contributed by atoms with Gasteiger partial charge in [-0.3, -0.25) is 9.59 Å². The molecule has 6 nitrogen and oxygen atoms in total. The van der Waals surface area contributed by atoms with Crippen LogP contribution in [0, 0.1) is 6.92 Å². The van der Waals surface area contributed by atoms with E-state index in [9.17, 15) is 9.59 Å². The zero-order valence-corrected chi connectivity index (χ0v) is 12.3. The van der Waals surface area contributed by atoms with Crippen molar-refractivity contribution in [1.82, 2.24) is 0 Å². The van der Waals surface area contributed by atoms with Gasteiger partial charge in [0.1, 0.15) is 5.76 Å². The highest BCUT2D eigenvalue weighted by Gasteiger charge is 2.12. The van der Waals surface area contributed by atoms with Crippen LogP contribution < -0.4 is 10.6 Å². The summed E-state index contributed by atoms with van der Waals surface area (Å²) in [6.45, 7) is 1.72. The average Bonchev–Trinajstić information content (AvgIpc) is 3.20. The lowest BCUT2D eigenvalue weighted by Crippen LogP contribution is -2.13. The Morgan fingerprint density at radius 1 is 0.826 bits per heavy atom. The van der Waals surface area contributed by atoms with Gasteiger partial charge in [-0.05, 0) is 49.4 Å². The van der Waals surface area contributed by atoms with Gasteiger partial charge in [0.05, 0.1) is 18.1 Å². The summed E-state index contributed by atoms with van der Waals surface area (Å²) < 4.78 is 10.1. The van der Waals surface area contributed by atoms with Crippen LogP contribution in [0.15, 0.2) is 63.8 Å². The molecule has 0 spiro atoms. The molecule has 0 aliphatic heterocycles. The first-order valence-electron chi connectivity index (χ1n) is 6.94. The van der Waals surface area contributed by atoms with Gasteiger partial charge in [-0.1, -0.05) is 0 Å². The van der Waals surface area contributed by atoms with Gasteiger partial charge in [-0.15, -0.1) is 0 Å². The highest BCUT2D eigenvalue weighted by atomic mass is 16.3. The van der Waals surface area contributed by atoms with E-state index >= 15 is 0 Å². The Bertz CT molecular complexity index is 817. The molecular weight excluding hydrogens is 296 g/mol. The molecule has 2 aromatic heterocycles. The van der Waals surface area contributed by atoms with Crippen molar-refractivity contribution in [2.75, 3.05) is 10.6 Å². The number of aryl methyl sites for hydroxylation is 1. The van der Waals surface area contributed by atoms with Gasteiger partial charge in [0.25, 0.3) is 11.8 Å². The summed E-state index contributed by atoms with van der Waals surface area (Å²) in [4.78, 5) is 23.9. The van der Waals surface area contributed by atoms with E-state index in [1.807, 2.05) is 0 Å². The molecule has 0 atom stereocenters. The van der Waals surface area contributed by atoms with Crippen LogP contribution in [0.2, 0.25) is 0 Å². The van der Waals surface area contributed by atoms with Crippen molar-refractivity contribution in [3.63, 3.8) is 0 Å². The lowest BCUT2D eigenvalue weighted by molar-refractivity contribution is 0.0994. The number of nitrogens with one attached hydrogen (secondary N) is 2. The Hall–Kier alpha value is -3.28. The molecule has 1 aromatic carbocycles. The molecule has 2 N–H and O–H groups in total. The number of furan rings is 2. The first-order chi connectivity index (χ1) is 11.1. The Morgan fingerprint density at radius 3 is 2.00 bits per heavy atom. The Balaban J connectivity index is 1.64. The number of carbonyl (C=O) groups excluding carboxylic acids is 2. The Labute approximate surface area is 132 Å². The fourth-order valence-electron chi connectivity index (χ4n) is 2.06. The van der Waals surface area contributed by atoms with E-state index in [2.05, 4.69) is 10.6 Å². The predicted molar refractivity (Wildman–Crippen MR) is 84.5 cm³/mol. The molecule has 2 heterocycles. The van der Waals surface area contributed by atoms with E-state index in [1.165, 1.54) is 12.5 Å². The smallest absolute Gasteiger partial charge is 0.291 e. The predicted octanol–water partition coefficient (Wildman–Crippen LogP) is 3.69. The number of rotatable bonds is 4. The average molecular weight is 310 g/mol. The topological polar surface area (TPSA) is 84.5 Å². The molecule has 23 heavy (non-hydrogen) atoms. The maximum Gasteiger partial charge on any atom is 0.291 e. The van der Waals surface area contributed by atoms with E-state index in [0.717, 1.165) is 0 Å². The minimum absolute atomic E-state index is 0.234. The first kappa shape index (κ1) is 14.6. The first-order valence-corrected chi connectivity index (χ1v) is 6.94. The summed E-state index contributed by atoms with van der Waals surface area (Å²) in [6.07, 6.45) is 2.91. The lowest BCUT2D eigenvalue weighted by atomic mass is 10.2. The van der Waals surface area contributed by atoms with Crippen LogP contribution in [0.5, 0.6) is 0 Å². The van der Waals surface area contributed by atoms with E-state index < -0.39 is 0 Å². The molecule has 3 aromatic rings. The van der Waals surface area contributed by atoms with Crippen molar-refractivity contribution < 1.29 is 18.4 Å². The van der Waals surface area contributed by atoms with Gasteiger partial charge in [0, 0.05) is 11.4 Å². The SMILES string of the molecule is Cc1occc1C(=O)Nc1ccc(NC(=O)c2ccco2)cc1. The minimum Gasteiger partial charge on any atom is -0.469 e. The maximum absolute atomic E-state index is 12.1. The van der Waals surface area contributed by atoms with Crippen molar-refractivity contribution >= 4 is 23.2 Å². The molecule has 6 heteroatoms. The molecule has 0 bridgehead atoms. The summed E-state index contributed by atoms with van der Waals surface area (Å²) in [6, 6.07) is 11.6. The monoisotopic (exact) mass is 310 g/mol. The number of hydrogen-bond acceptors (Lipinski definition) is 4. The third-order valence-corrected chi connectivity index (χ3v) is 3.25. The molecule has 0 radical (unpaired) electrons. The van der Waals surface area contributed by atoms with Gasteiger partial charge >= 0.3 is 0 Å². The molecule has 3 rings (SSSR count). The van der Waals surface area contributed by atoms with Gasteiger partial charge in [-0.25, -0.2) is 0 Å². The zero-order chi connectivity index (χ0) is 16.2. The second-order valence-corrected chi connectivity index (χ2v) is 4.85. The molecule has 0 unspecified atom stereocenters. The Kier molecular flexibility index (Phi) is 3.97. The molecular formula is C17H14N2O4. The lowest BCUT2D eigenvalue weighted by Gasteiger charge is -2.07. The second-order valence-electron chi connectivity index (χ2n) is 4.85. The molecule has 0 saturated carbocycles. The third-order valence-electron chi connectivity index (χ3n) is 3.25. The fourth-order valence-corrected chi connectivity index (χ4v) is 2.06. The van der Waals surface area contributed by atoms with Crippen molar-refractivity contribution in [3.05, 3.63) is 72.1 Å². The summed E-state index contributed by atoms with van der Waals surface area (Å²) in [5.41, 5.74) is 1.70. The molecule has 2 amide bonds. The molecule has 0 aliphatic carbocycles. The van der Waals surface area contributed by atoms with Gasteiger partial charge in [0.2, 0.25) is 0 Å². The number of hydrogen-bond donors (Lipinski definition) is 2. The van der Waals surface area contributed by atoms with Crippen LogP contribution in [0.3, 0.4) is 0 Å². The van der Waals surface area contributed by atoms with E-state index in [1.54, 1.807) is 49.4 Å². The van der Waals surface area contributed by atoms with Crippen molar-refractivity contribution in [3.8, 4) is 0 Å². The van der Waals surface area contributed by atoms with E-state index in [0.29, 0.717) is 22.7 Å². The van der Waals surface area contributed by atoms with Crippen LogP contribution >= 0.6 is 0 Å². The summed E-state index contributed by atoms with van der Waals surface area (Å²) in [7, 11) is 0. The largest absolute Gasteiger partial charge is 0.469 e. The zero-order valence-electron chi connectivity index (χ0n) is 12.3. The summed E-state index contributed by atoms with van der Waals surface area (Å²) in [5.74, 6) is 0.215. The highest BCUT2D eigenvalue weighted by Crippen LogP contribution is 2.17. The number of anilines is 2. The highest BCUT2D eigenvalue weighted by molar-refractivity contribution is 6.05. The van der Waals surface area contributed by atoms with Crippen LogP contribution in [0.25, 0.3) is 0 Å². The van der Waals surface area contributed by atoms with Crippen LogP contribution in [0.1, 0.15) is 26.7 Å². The van der Waals surface area contributed by atoms with Crippen LogP contribution in [-0.4, -0.2) is 11.8 Å². The number of amides is 2. The molecule has 0 saturated heterocycles. The van der Waals surface area contributed by atoms with Crippen molar-refractivity contribution in [1.29, 1.82) is 0 Å². The molecule has 116 valence electrons. The summed E-state index contributed by atoms with van der Waals surface area (Å²) >= 11 is 0. The molecule has 0 fully saturated rings. The number of carbonyl (C=O) groups is 2. The quantitative estimate of drug-likeness (QED) is 0.769. The van der Waals surface area contributed by atoms with Crippen LogP contribution in [0.4, 0.5) is 11.4 Å².